The summed E-state index contributed by atoms with van der Waals surface area (Å²) >= 11 is 0. The summed E-state index contributed by atoms with van der Waals surface area (Å²) in [5, 5.41) is 2.76. The first-order valence-electron chi connectivity index (χ1n) is 6.71. The molecular weight excluding hydrogens is 242 g/mol. The Bertz CT molecular complexity index is 332. The Hall–Kier alpha value is -0.900. The molecule has 4 heteroatoms. The van der Waals surface area contributed by atoms with E-state index in [1.807, 2.05) is 55.4 Å². The summed E-state index contributed by atoms with van der Waals surface area (Å²) in [5.74, 6) is -0.0539. The predicted molar refractivity (Wildman–Crippen MR) is 77.0 cm³/mol. The smallest absolute Gasteiger partial charge is 0.246 e. The minimum Gasteiger partial charge on any atom is -0.366 e. The van der Waals surface area contributed by atoms with Crippen molar-refractivity contribution < 1.29 is 14.3 Å². The summed E-state index contributed by atoms with van der Waals surface area (Å²) in [4.78, 5) is 23.9. The van der Waals surface area contributed by atoms with Gasteiger partial charge in [0.2, 0.25) is 5.91 Å². The van der Waals surface area contributed by atoms with E-state index in [1.54, 1.807) is 0 Å². The SMILES string of the molecule is CC(C)(C)OCC(=O)NCC(C)(C)C(=O)C(C)(C)C. The van der Waals surface area contributed by atoms with Gasteiger partial charge in [-0.1, -0.05) is 34.6 Å². The number of ether oxygens (including phenoxy) is 1. The van der Waals surface area contributed by atoms with Gasteiger partial charge in [0.05, 0.1) is 5.60 Å². The number of nitrogens with one attached hydrogen (secondary N) is 1. The average Bonchev–Trinajstić information content (AvgIpc) is 2.20. The molecule has 0 aromatic heterocycles. The van der Waals surface area contributed by atoms with Crippen LogP contribution in [-0.4, -0.2) is 30.4 Å². The predicted octanol–water partition coefficient (Wildman–Crippen LogP) is 2.56. The maximum Gasteiger partial charge on any atom is 0.246 e. The molecule has 0 saturated heterocycles. The largest absolute Gasteiger partial charge is 0.366 e. The molecule has 19 heavy (non-hydrogen) atoms. The summed E-state index contributed by atoms with van der Waals surface area (Å²) in [5.41, 5.74) is -1.32. The van der Waals surface area contributed by atoms with E-state index >= 15 is 0 Å². The fourth-order valence-electron chi connectivity index (χ4n) is 1.75. The number of amides is 1. The van der Waals surface area contributed by atoms with Gasteiger partial charge in [-0.05, 0) is 20.8 Å². The quantitative estimate of drug-likeness (QED) is 0.836. The van der Waals surface area contributed by atoms with Crippen molar-refractivity contribution in [2.24, 2.45) is 10.8 Å². The van der Waals surface area contributed by atoms with Crippen LogP contribution in [0.5, 0.6) is 0 Å². The van der Waals surface area contributed by atoms with Gasteiger partial charge in [-0.15, -0.1) is 0 Å². The molecule has 0 fully saturated rings. The molecular formula is C15H29NO3. The summed E-state index contributed by atoms with van der Waals surface area (Å²) in [7, 11) is 0. The zero-order valence-corrected chi connectivity index (χ0v) is 13.6. The Labute approximate surface area is 117 Å². The van der Waals surface area contributed by atoms with Crippen molar-refractivity contribution in [3.63, 3.8) is 0 Å². The van der Waals surface area contributed by atoms with Crippen LogP contribution in [-0.2, 0) is 14.3 Å². The van der Waals surface area contributed by atoms with Crippen LogP contribution in [0.15, 0.2) is 0 Å². The second kappa shape index (κ2) is 6.04. The Morgan fingerprint density at radius 2 is 1.42 bits per heavy atom. The van der Waals surface area contributed by atoms with Crippen molar-refractivity contribution in [3.8, 4) is 0 Å². The number of Topliss-reactive ketones (excluding diaryl/α,β-unsaturated/α-hetero) is 1. The third kappa shape index (κ3) is 7.31. The number of hydrogen-bond acceptors (Lipinski definition) is 3. The number of rotatable bonds is 5. The zero-order chi connectivity index (χ0) is 15.5. The van der Waals surface area contributed by atoms with E-state index in [0.717, 1.165) is 0 Å². The third-order valence-electron chi connectivity index (χ3n) is 2.66. The maximum absolute atomic E-state index is 12.2. The Kier molecular flexibility index (Phi) is 5.75. The van der Waals surface area contributed by atoms with E-state index in [9.17, 15) is 9.59 Å². The van der Waals surface area contributed by atoms with Gasteiger partial charge in [-0.25, -0.2) is 0 Å². The van der Waals surface area contributed by atoms with Crippen LogP contribution in [0, 0.1) is 10.8 Å². The summed E-state index contributed by atoms with van der Waals surface area (Å²) in [6.45, 7) is 15.4. The highest BCUT2D eigenvalue weighted by Crippen LogP contribution is 2.28. The second-order valence-corrected chi connectivity index (χ2v) is 7.64. The molecule has 0 radical (unpaired) electrons. The van der Waals surface area contributed by atoms with Crippen molar-refractivity contribution in [2.75, 3.05) is 13.2 Å². The molecule has 0 bridgehead atoms. The summed E-state index contributed by atoms with van der Waals surface area (Å²) in [6, 6.07) is 0. The van der Waals surface area contributed by atoms with Crippen LogP contribution in [0.1, 0.15) is 55.4 Å². The normalized spacial score (nSPS) is 13.3. The van der Waals surface area contributed by atoms with Crippen molar-refractivity contribution in [3.05, 3.63) is 0 Å². The van der Waals surface area contributed by atoms with E-state index < -0.39 is 10.8 Å². The van der Waals surface area contributed by atoms with Gasteiger partial charge in [0, 0.05) is 17.4 Å². The minimum absolute atomic E-state index is 0.0172. The molecule has 0 aliphatic heterocycles. The molecule has 0 heterocycles. The molecule has 0 spiro atoms. The van der Waals surface area contributed by atoms with Gasteiger partial charge in [-0.2, -0.15) is 0 Å². The van der Waals surface area contributed by atoms with Crippen LogP contribution >= 0.6 is 0 Å². The van der Waals surface area contributed by atoms with Crippen molar-refractivity contribution in [2.45, 2.75) is 61.0 Å². The first-order valence-corrected chi connectivity index (χ1v) is 6.71. The summed E-state index contributed by atoms with van der Waals surface area (Å²) < 4.78 is 5.39. The maximum atomic E-state index is 12.2. The first-order chi connectivity index (χ1) is 8.26. The number of ketones is 1. The van der Waals surface area contributed by atoms with E-state index in [1.165, 1.54) is 0 Å². The van der Waals surface area contributed by atoms with E-state index in [-0.39, 0.29) is 23.9 Å². The molecule has 112 valence electrons. The van der Waals surface area contributed by atoms with Gasteiger partial charge in [0.15, 0.2) is 0 Å². The van der Waals surface area contributed by atoms with Crippen LogP contribution < -0.4 is 5.32 Å². The Morgan fingerprint density at radius 1 is 0.947 bits per heavy atom. The van der Waals surface area contributed by atoms with Crippen molar-refractivity contribution in [1.82, 2.24) is 5.32 Å². The molecule has 0 unspecified atom stereocenters. The van der Waals surface area contributed by atoms with Crippen LogP contribution in [0.3, 0.4) is 0 Å². The highest BCUT2D eigenvalue weighted by atomic mass is 16.5. The van der Waals surface area contributed by atoms with E-state index in [2.05, 4.69) is 5.32 Å². The minimum atomic E-state index is -0.574. The monoisotopic (exact) mass is 271 g/mol. The highest BCUT2D eigenvalue weighted by Gasteiger charge is 2.36. The van der Waals surface area contributed by atoms with E-state index in [0.29, 0.717) is 6.54 Å². The lowest BCUT2D eigenvalue weighted by Gasteiger charge is -2.31. The Balaban J connectivity index is 4.33. The van der Waals surface area contributed by atoms with Gasteiger partial charge in [0.25, 0.3) is 0 Å². The molecule has 1 N–H and O–H groups in total. The zero-order valence-electron chi connectivity index (χ0n) is 13.6. The van der Waals surface area contributed by atoms with Crippen LogP contribution in [0.2, 0.25) is 0 Å². The van der Waals surface area contributed by atoms with Gasteiger partial charge < -0.3 is 10.1 Å². The van der Waals surface area contributed by atoms with Crippen LogP contribution in [0.4, 0.5) is 0 Å². The van der Waals surface area contributed by atoms with Crippen LogP contribution in [0.25, 0.3) is 0 Å². The van der Waals surface area contributed by atoms with Crippen molar-refractivity contribution >= 4 is 11.7 Å². The molecule has 1 amide bonds. The van der Waals surface area contributed by atoms with Gasteiger partial charge in [0.1, 0.15) is 12.4 Å². The molecule has 0 saturated carbocycles. The third-order valence-corrected chi connectivity index (χ3v) is 2.66. The molecule has 4 nitrogen and oxygen atoms in total. The summed E-state index contributed by atoms with van der Waals surface area (Å²) in [6.07, 6.45) is 0. The number of carbonyl (C=O) groups is 2. The molecule has 0 aromatic carbocycles. The molecule has 0 aliphatic carbocycles. The fourth-order valence-corrected chi connectivity index (χ4v) is 1.75. The number of carbonyl (C=O) groups excluding carboxylic acids is 2. The average molecular weight is 271 g/mol. The molecule has 0 atom stereocenters. The lowest BCUT2D eigenvalue weighted by Crippen LogP contribution is -2.45. The van der Waals surface area contributed by atoms with Gasteiger partial charge in [-0.3, -0.25) is 9.59 Å². The lowest BCUT2D eigenvalue weighted by atomic mass is 9.74. The lowest BCUT2D eigenvalue weighted by molar-refractivity contribution is -0.136. The van der Waals surface area contributed by atoms with E-state index in [4.69, 9.17) is 4.74 Å². The second-order valence-electron chi connectivity index (χ2n) is 7.64. The number of hydrogen-bond donors (Lipinski definition) is 1. The van der Waals surface area contributed by atoms with Crippen molar-refractivity contribution in [1.29, 1.82) is 0 Å². The Morgan fingerprint density at radius 3 is 1.79 bits per heavy atom. The topological polar surface area (TPSA) is 55.4 Å². The van der Waals surface area contributed by atoms with Gasteiger partial charge >= 0.3 is 0 Å². The standard InChI is InChI=1S/C15H29NO3/c1-13(2,3)12(18)15(7,8)10-16-11(17)9-19-14(4,5)6/h9-10H2,1-8H3,(H,16,17). The molecule has 0 aliphatic rings. The molecule has 0 rings (SSSR count). The molecule has 0 aromatic rings. The highest BCUT2D eigenvalue weighted by molar-refractivity contribution is 5.89. The first kappa shape index (κ1) is 18.1. The fraction of sp³-hybridized carbons (Fsp3) is 0.867.